The van der Waals surface area contributed by atoms with E-state index < -0.39 is 0 Å². The maximum Gasteiger partial charge on any atom is 0.227 e. The average molecular weight is 288 g/mol. The lowest BCUT2D eigenvalue weighted by Crippen LogP contribution is -2.37. The summed E-state index contributed by atoms with van der Waals surface area (Å²) in [6.45, 7) is 9.26. The number of benzene rings is 1. The van der Waals surface area contributed by atoms with E-state index in [9.17, 15) is 4.79 Å². The van der Waals surface area contributed by atoms with Crippen LogP contribution in [-0.2, 0) is 4.79 Å². The summed E-state index contributed by atoms with van der Waals surface area (Å²) in [6.07, 6.45) is 3.13. The van der Waals surface area contributed by atoms with Crippen LogP contribution < -0.4 is 10.2 Å². The second kappa shape index (κ2) is 7.60. The molecule has 1 aliphatic heterocycles. The van der Waals surface area contributed by atoms with Crippen molar-refractivity contribution in [1.82, 2.24) is 5.32 Å². The van der Waals surface area contributed by atoms with E-state index >= 15 is 0 Å². The Morgan fingerprint density at radius 2 is 2.29 bits per heavy atom. The first-order chi connectivity index (χ1) is 10.1. The number of hydrogen-bond acceptors (Lipinski definition) is 2. The van der Waals surface area contributed by atoms with E-state index in [1.807, 2.05) is 24.0 Å². The lowest BCUT2D eigenvalue weighted by atomic mass is 9.85. The summed E-state index contributed by atoms with van der Waals surface area (Å²) in [4.78, 5) is 14.6. The number of carbonyl (C=O) groups is 1. The minimum absolute atomic E-state index is 0.251. The van der Waals surface area contributed by atoms with E-state index in [-0.39, 0.29) is 5.91 Å². The molecular weight excluding hydrogens is 260 g/mol. The highest BCUT2D eigenvalue weighted by atomic mass is 16.2. The summed E-state index contributed by atoms with van der Waals surface area (Å²) in [7, 11) is 0. The second-order valence-electron chi connectivity index (χ2n) is 6.26. The number of nitrogens with zero attached hydrogens (tertiary/aromatic N) is 1. The van der Waals surface area contributed by atoms with E-state index in [1.165, 1.54) is 18.4 Å². The third-order valence-corrected chi connectivity index (χ3v) is 4.57. The number of nitrogens with one attached hydrogen (secondary N) is 1. The van der Waals surface area contributed by atoms with Crippen molar-refractivity contribution in [2.45, 2.75) is 40.0 Å². The minimum atomic E-state index is 0.251. The maximum absolute atomic E-state index is 12.6. The van der Waals surface area contributed by atoms with Gasteiger partial charge in [-0.15, -0.1) is 0 Å². The van der Waals surface area contributed by atoms with Crippen LogP contribution in [0.4, 0.5) is 5.69 Å². The van der Waals surface area contributed by atoms with Crippen molar-refractivity contribution >= 4 is 11.6 Å². The first kappa shape index (κ1) is 16.0. The fourth-order valence-corrected chi connectivity index (χ4v) is 3.22. The number of hydrogen-bond donors (Lipinski definition) is 1. The Hall–Kier alpha value is -1.35. The highest BCUT2D eigenvalue weighted by Crippen LogP contribution is 2.25. The lowest BCUT2D eigenvalue weighted by molar-refractivity contribution is -0.119. The standard InChI is InChI=1S/C18H28N2O/c1-4-20(17-9-5-7-14(2)11-17)18(21)12-15(3)16-8-6-10-19-13-16/h5,7,9,11,15-16,19H,4,6,8,10,12-13H2,1-3H3. The van der Waals surface area contributed by atoms with E-state index in [0.717, 1.165) is 25.3 Å². The molecule has 1 fully saturated rings. The molecule has 2 atom stereocenters. The Bertz CT molecular complexity index is 466. The van der Waals surface area contributed by atoms with Crippen molar-refractivity contribution in [3.05, 3.63) is 29.8 Å². The summed E-state index contributed by atoms with van der Waals surface area (Å²) in [5, 5.41) is 3.45. The van der Waals surface area contributed by atoms with Crippen LogP contribution in [0.25, 0.3) is 0 Å². The number of piperidine rings is 1. The predicted octanol–water partition coefficient (Wildman–Crippen LogP) is 3.37. The molecule has 0 aliphatic carbocycles. The quantitative estimate of drug-likeness (QED) is 0.901. The Kier molecular flexibility index (Phi) is 5.80. The Morgan fingerprint density at radius 3 is 2.90 bits per heavy atom. The van der Waals surface area contributed by atoms with Crippen LogP contribution in [-0.4, -0.2) is 25.5 Å². The molecule has 1 aromatic carbocycles. The first-order valence-corrected chi connectivity index (χ1v) is 8.19. The molecule has 0 bridgehead atoms. The van der Waals surface area contributed by atoms with Crippen LogP contribution in [0, 0.1) is 18.8 Å². The Morgan fingerprint density at radius 1 is 1.48 bits per heavy atom. The number of amides is 1. The molecular formula is C18H28N2O. The number of aryl methyl sites for hydroxylation is 1. The monoisotopic (exact) mass is 288 g/mol. The molecule has 3 heteroatoms. The van der Waals surface area contributed by atoms with Crippen LogP contribution in [0.3, 0.4) is 0 Å². The van der Waals surface area contributed by atoms with Crippen molar-refractivity contribution in [2.24, 2.45) is 11.8 Å². The van der Waals surface area contributed by atoms with Crippen molar-refractivity contribution in [3.8, 4) is 0 Å². The van der Waals surface area contributed by atoms with Crippen LogP contribution in [0.2, 0.25) is 0 Å². The molecule has 116 valence electrons. The Labute approximate surface area is 128 Å². The molecule has 1 amide bonds. The highest BCUT2D eigenvalue weighted by Gasteiger charge is 2.24. The molecule has 2 rings (SSSR count). The van der Waals surface area contributed by atoms with Gasteiger partial charge >= 0.3 is 0 Å². The van der Waals surface area contributed by atoms with Gasteiger partial charge < -0.3 is 10.2 Å². The summed E-state index contributed by atoms with van der Waals surface area (Å²) in [5.41, 5.74) is 2.22. The number of rotatable bonds is 5. The third kappa shape index (κ3) is 4.31. The van der Waals surface area contributed by atoms with Crippen molar-refractivity contribution < 1.29 is 4.79 Å². The zero-order valence-corrected chi connectivity index (χ0v) is 13.6. The van der Waals surface area contributed by atoms with Gasteiger partial charge in [-0.3, -0.25) is 4.79 Å². The molecule has 1 aromatic rings. The molecule has 0 aromatic heterocycles. The van der Waals surface area contributed by atoms with Gasteiger partial charge in [0.25, 0.3) is 0 Å². The predicted molar refractivity (Wildman–Crippen MR) is 88.6 cm³/mol. The van der Waals surface area contributed by atoms with Crippen molar-refractivity contribution in [3.63, 3.8) is 0 Å². The van der Waals surface area contributed by atoms with E-state index in [4.69, 9.17) is 0 Å². The summed E-state index contributed by atoms with van der Waals surface area (Å²) < 4.78 is 0. The van der Waals surface area contributed by atoms with Gasteiger partial charge in [-0.05, 0) is 69.3 Å². The van der Waals surface area contributed by atoms with E-state index in [2.05, 4.69) is 31.3 Å². The number of carbonyl (C=O) groups excluding carboxylic acids is 1. The molecule has 2 unspecified atom stereocenters. The smallest absolute Gasteiger partial charge is 0.227 e. The molecule has 1 saturated heterocycles. The van der Waals surface area contributed by atoms with Gasteiger partial charge in [0, 0.05) is 18.7 Å². The number of anilines is 1. The summed E-state index contributed by atoms with van der Waals surface area (Å²) in [5.74, 6) is 1.34. The SMILES string of the molecule is CCN(C(=O)CC(C)C1CCCNC1)c1cccc(C)c1. The van der Waals surface area contributed by atoms with E-state index in [1.54, 1.807) is 0 Å². The van der Waals surface area contributed by atoms with Crippen LogP contribution in [0.1, 0.15) is 38.7 Å². The van der Waals surface area contributed by atoms with Crippen LogP contribution in [0.5, 0.6) is 0 Å². The molecule has 0 saturated carbocycles. The topological polar surface area (TPSA) is 32.3 Å². The van der Waals surface area contributed by atoms with Crippen LogP contribution in [0.15, 0.2) is 24.3 Å². The van der Waals surface area contributed by atoms with Crippen LogP contribution >= 0.6 is 0 Å². The second-order valence-corrected chi connectivity index (χ2v) is 6.26. The van der Waals surface area contributed by atoms with Gasteiger partial charge in [-0.2, -0.15) is 0 Å². The van der Waals surface area contributed by atoms with E-state index in [0.29, 0.717) is 18.3 Å². The maximum atomic E-state index is 12.6. The zero-order valence-electron chi connectivity index (χ0n) is 13.6. The molecule has 1 aliphatic rings. The molecule has 0 radical (unpaired) electrons. The summed E-state index contributed by atoms with van der Waals surface area (Å²) >= 11 is 0. The molecule has 1 N–H and O–H groups in total. The third-order valence-electron chi connectivity index (χ3n) is 4.57. The van der Waals surface area contributed by atoms with Gasteiger partial charge in [-0.25, -0.2) is 0 Å². The largest absolute Gasteiger partial charge is 0.316 e. The first-order valence-electron chi connectivity index (χ1n) is 8.19. The molecule has 1 heterocycles. The fourth-order valence-electron chi connectivity index (χ4n) is 3.22. The zero-order chi connectivity index (χ0) is 15.2. The molecule has 3 nitrogen and oxygen atoms in total. The van der Waals surface area contributed by atoms with Gasteiger partial charge in [0.2, 0.25) is 5.91 Å². The van der Waals surface area contributed by atoms with Gasteiger partial charge in [-0.1, -0.05) is 19.1 Å². The van der Waals surface area contributed by atoms with Gasteiger partial charge in [0.15, 0.2) is 0 Å². The normalized spacial score (nSPS) is 20.0. The highest BCUT2D eigenvalue weighted by molar-refractivity contribution is 5.93. The minimum Gasteiger partial charge on any atom is -0.316 e. The molecule has 0 spiro atoms. The summed E-state index contributed by atoms with van der Waals surface area (Å²) in [6, 6.07) is 8.21. The van der Waals surface area contributed by atoms with Gasteiger partial charge in [0.05, 0.1) is 0 Å². The van der Waals surface area contributed by atoms with Crippen molar-refractivity contribution in [2.75, 3.05) is 24.5 Å². The van der Waals surface area contributed by atoms with Gasteiger partial charge in [0.1, 0.15) is 0 Å². The fraction of sp³-hybridized carbons (Fsp3) is 0.611. The lowest BCUT2D eigenvalue weighted by Gasteiger charge is -2.30. The average Bonchev–Trinajstić information content (AvgIpc) is 2.49. The molecule has 21 heavy (non-hydrogen) atoms. The van der Waals surface area contributed by atoms with Crippen molar-refractivity contribution in [1.29, 1.82) is 0 Å². The Balaban J connectivity index is 1.99.